The van der Waals surface area contributed by atoms with Crippen LogP contribution in [0.3, 0.4) is 0 Å². The molecular formula is C21H30N2O7. The van der Waals surface area contributed by atoms with Gasteiger partial charge in [0.2, 0.25) is 5.91 Å². The summed E-state index contributed by atoms with van der Waals surface area (Å²) in [5, 5.41) is 17.7. The smallest absolute Gasteiger partial charge is 0.414 e. The van der Waals surface area contributed by atoms with Crippen LogP contribution in [0.4, 0.5) is 5.69 Å². The minimum absolute atomic E-state index is 0.0123. The molecule has 1 heterocycles. The van der Waals surface area contributed by atoms with Gasteiger partial charge >= 0.3 is 17.9 Å². The van der Waals surface area contributed by atoms with Gasteiger partial charge in [-0.15, -0.1) is 0 Å². The average Bonchev–Trinajstić information content (AvgIpc) is 2.66. The third-order valence-electron chi connectivity index (χ3n) is 4.47. The second kappa shape index (κ2) is 12.6. The van der Waals surface area contributed by atoms with Crippen LogP contribution in [0, 0.1) is 19.8 Å². The topological polar surface area (TPSA) is 133 Å². The number of ether oxygens (including phenoxy) is 1. The Morgan fingerprint density at radius 2 is 1.70 bits per heavy atom. The van der Waals surface area contributed by atoms with E-state index in [0.717, 1.165) is 36.2 Å². The van der Waals surface area contributed by atoms with E-state index in [1.54, 1.807) is 0 Å². The Morgan fingerprint density at radius 3 is 2.23 bits per heavy atom. The number of amides is 1. The first-order valence-electron chi connectivity index (χ1n) is 9.85. The maximum Gasteiger partial charge on any atom is 0.414 e. The molecule has 166 valence electrons. The molecule has 0 aromatic heterocycles. The predicted molar refractivity (Wildman–Crippen MR) is 110 cm³/mol. The van der Waals surface area contributed by atoms with Gasteiger partial charge in [0.15, 0.2) is 0 Å². The molecule has 2 rings (SSSR count). The maximum atomic E-state index is 12.2. The standard InChI is InChI=1S/C19H28N2O3.C2H2O4/c1-4-24-19(23)16-6-5-8-21(13-16)9-7-18(22)20-17-11-14(2)10-15(3)12-17;3-1(4)2(5)6/h10-12,16H,4-9,13H2,1-3H3,(H,20,22);(H,3,4)(H,5,6). The normalized spacial score (nSPS) is 16.0. The van der Waals surface area contributed by atoms with Crippen molar-refractivity contribution >= 4 is 29.5 Å². The van der Waals surface area contributed by atoms with Crippen LogP contribution in [0.25, 0.3) is 0 Å². The van der Waals surface area contributed by atoms with Crippen LogP contribution >= 0.6 is 0 Å². The van der Waals surface area contributed by atoms with Crippen LogP contribution in [-0.4, -0.2) is 65.2 Å². The SMILES string of the molecule is CCOC(=O)C1CCCN(CCC(=O)Nc2cc(C)cc(C)c2)C1.O=C(O)C(=O)O. The Kier molecular flexibility index (Phi) is 10.5. The summed E-state index contributed by atoms with van der Waals surface area (Å²) in [6.45, 7) is 8.59. The van der Waals surface area contributed by atoms with E-state index in [1.165, 1.54) is 0 Å². The first kappa shape index (κ1) is 25.1. The highest BCUT2D eigenvalue weighted by atomic mass is 16.5. The van der Waals surface area contributed by atoms with E-state index < -0.39 is 11.9 Å². The third-order valence-corrected chi connectivity index (χ3v) is 4.47. The number of rotatable bonds is 6. The number of carbonyl (C=O) groups excluding carboxylic acids is 2. The molecule has 1 aliphatic heterocycles. The second-order valence-electron chi connectivity index (χ2n) is 7.18. The van der Waals surface area contributed by atoms with Gasteiger partial charge in [0.05, 0.1) is 12.5 Å². The van der Waals surface area contributed by atoms with Crippen LogP contribution in [-0.2, 0) is 23.9 Å². The lowest BCUT2D eigenvalue weighted by atomic mass is 9.98. The molecule has 9 nitrogen and oxygen atoms in total. The zero-order valence-corrected chi connectivity index (χ0v) is 17.6. The number of benzene rings is 1. The number of aryl methyl sites for hydroxylation is 2. The molecule has 0 saturated carbocycles. The molecule has 1 saturated heterocycles. The molecule has 1 aromatic carbocycles. The van der Waals surface area contributed by atoms with Crippen LogP contribution in [0.1, 0.15) is 37.3 Å². The predicted octanol–water partition coefficient (Wildman–Crippen LogP) is 2.06. The highest BCUT2D eigenvalue weighted by Gasteiger charge is 2.26. The first-order valence-corrected chi connectivity index (χ1v) is 9.85. The fourth-order valence-electron chi connectivity index (χ4n) is 3.24. The Labute approximate surface area is 176 Å². The molecule has 0 bridgehead atoms. The number of esters is 1. The molecule has 1 aliphatic rings. The maximum absolute atomic E-state index is 12.2. The Morgan fingerprint density at radius 1 is 1.10 bits per heavy atom. The van der Waals surface area contributed by atoms with Gasteiger partial charge in [-0.05, 0) is 63.4 Å². The number of nitrogens with zero attached hydrogens (tertiary/aromatic N) is 1. The van der Waals surface area contributed by atoms with Crippen molar-refractivity contribution in [3.63, 3.8) is 0 Å². The summed E-state index contributed by atoms with van der Waals surface area (Å²) in [4.78, 5) is 44.4. The number of carboxylic acid groups (broad SMARTS) is 2. The molecule has 30 heavy (non-hydrogen) atoms. The average molecular weight is 422 g/mol. The lowest BCUT2D eigenvalue weighted by Gasteiger charge is -2.31. The van der Waals surface area contributed by atoms with Crippen molar-refractivity contribution in [2.45, 2.75) is 40.0 Å². The van der Waals surface area contributed by atoms with E-state index in [4.69, 9.17) is 24.5 Å². The Hall–Kier alpha value is -2.94. The molecular weight excluding hydrogens is 392 g/mol. The quantitative estimate of drug-likeness (QED) is 0.469. The summed E-state index contributed by atoms with van der Waals surface area (Å²) in [6.07, 6.45) is 2.29. The summed E-state index contributed by atoms with van der Waals surface area (Å²) in [5.74, 6) is -3.80. The molecule has 3 N–H and O–H groups in total. The van der Waals surface area contributed by atoms with Crippen molar-refractivity contribution in [3.05, 3.63) is 29.3 Å². The van der Waals surface area contributed by atoms with Gasteiger partial charge in [0.25, 0.3) is 0 Å². The van der Waals surface area contributed by atoms with Crippen molar-refractivity contribution in [1.29, 1.82) is 0 Å². The van der Waals surface area contributed by atoms with Crippen molar-refractivity contribution in [2.75, 3.05) is 31.6 Å². The number of carbonyl (C=O) groups is 4. The number of hydrogen-bond acceptors (Lipinski definition) is 6. The van der Waals surface area contributed by atoms with E-state index in [0.29, 0.717) is 26.1 Å². The van der Waals surface area contributed by atoms with Gasteiger partial charge in [-0.2, -0.15) is 0 Å². The van der Waals surface area contributed by atoms with E-state index in [1.807, 2.05) is 32.9 Å². The van der Waals surface area contributed by atoms with Crippen LogP contribution < -0.4 is 5.32 Å². The number of hydrogen-bond donors (Lipinski definition) is 3. The van der Waals surface area contributed by atoms with Gasteiger partial charge in [-0.25, -0.2) is 9.59 Å². The van der Waals surface area contributed by atoms with E-state index in [2.05, 4.69) is 16.3 Å². The number of nitrogens with one attached hydrogen (secondary N) is 1. The molecule has 0 spiro atoms. The Balaban J connectivity index is 0.000000656. The van der Waals surface area contributed by atoms with E-state index in [9.17, 15) is 9.59 Å². The third kappa shape index (κ3) is 9.51. The summed E-state index contributed by atoms with van der Waals surface area (Å²) < 4.78 is 5.11. The summed E-state index contributed by atoms with van der Waals surface area (Å²) in [7, 11) is 0. The van der Waals surface area contributed by atoms with Crippen molar-refractivity contribution in [1.82, 2.24) is 4.90 Å². The second-order valence-corrected chi connectivity index (χ2v) is 7.18. The van der Waals surface area contributed by atoms with Gasteiger partial charge in [0, 0.05) is 25.2 Å². The number of piperidine rings is 1. The highest BCUT2D eigenvalue weighted by molar-refractivity contribution is 6.27. The Bertz CT molecular complexity index is 731. The molecule has 0 aliphatic carbocycles. The van der Waals surface area contributed by atoms with Crippen LogP contribution in [0.2, 0.25) is 0 Å². The van der Waals surface area contributed by atoms with Gasteiger partial charge in [-0.1, -0.05) is 6.07 Å². The largest absolute Gasteiger partial charge is 0.473 e. The van der Waals surface area contributed by atoms with Crippen molar-refractivity contribution < 1.29 is 34.1 Å². The number of aliphatic carboxylic acids is 2. The summed E-state index contributed by atoms with van der Waals surface area (Å²) in [5.41, 5.74) is 3.12. The monoisotopic (exact) mass is 422 g/mol. The zero-order chi connectivity index (χ0) is 22.7. The van der Waals surface area contributed by atoms with E-state index in [-0.39, 0.29) is 17.8 Å². The van der Waals surface area contributed by atoms with Crippen LogP contribution in [0.15, 0.2) is 18.2 Å². The lowest BCUT2D eigenvalue weighted by Crippen LogP contribution is -2.40. The van der Waals surface area contributed by atoms with E-state index >= 15 is 0 Å². The number of likely N-dealkylation sites (tertiary alicyclic amines) is 1. The molecule has 1 aromatic rings. The number of anilines is 1. The van der Waals surface area contributed by atoms with Crippen molar-refractivity contribution in [3.8, 4) is 0 Å². The minimum atomic E-state index is -1.82. The lowest BCUT2D eigenvalue weighted by molar-refractivity contribution is -0.159. The molecule has 1 fully saturated rings. The van der Waals surface area contributed by atoms with Gasteiger partial charge in [-0.3, -0.25) is 9.59 Å². The first-order chi connectivity index (χ1) is 14.1. The van der Waals surface area contributed by atoms with Crippen molar-refractivity contribution in [2.24, 2.45) is 5.92 Å². The zero-order valence-electron chi connectivity index (χ0n) is 17.6. The van der Waals surface area contributed by atoms with Gasteiger partial charge in [0.1, 0.15) is 0 Å². The van der Waals surface area contributed by atoms with Crippen LogP contribution in [0.5, 0.6) is 0 Å². The molecule has 0 radical (unpaired) electrons. The van der Waals surface area contributed by atoms with Gasteiger partial charge < -0.3 is 25.2 Å². The molecule has 1 amide bonds. The molecule has 1 atom stereocenters. The molecule has 9 heteroatoms. The minimum Gasteiger partial charge on any atom is -0.473 e. The number of carboxylic acids is 2. The summed E-state index contributed by atoms with van der Waals surface area (Å²) in [6, 6.07) is 6.03. The fraction of sp³-hybridized carbons (Fsp3) is 0.524. The highest BCUT2D eigenvalue weighted by Crippen LogP contribution is 2.18. The fourth-order valence-corrected chi connectivity index (χ4v) is 3.24. The molecule has 1 unspecified atom stereocenters. The summed E-state index contributed by atoms with van der Waals surface area (Å²) >= 11 is 0.